The summed E-state index contributed by atoms with van der Waals surface area (Å²) in [6.07, 6.45) is 0.905. The lowest BCUT2D eigenvalue weighted by molar-refractivity contribution is 0.222. The Morgan fingerprint density at radius 3 is 2.95 bits per heavy atom. The zero-order valence-corrected chi connectivity index (χ0v) is 12.2. The molecular formula is C14H18N6O2. The molecular weight excluding hydrogens is 284 g/mol. The molecule has 1 aromatic heterocycles. The minimum absolute atomic E-state index is 0.195. The van der Waals surface area contributed by atoms with Crippen molar-refractivity contribution in [1.82, 2.24) is 20.1 Å². The van der Waals surface area contributed by atoms with Crippen molar-refractivity contribution in [2.24, 2.45) is 0 Å². The third-order valence-corrected chi connectivity index (χ3v) is 3.49. The molecule has 2 heterocycles. The third-order valence-electron chi connectivity index (χ3n) is 3.49. The number of aromatic amines is 1. The fraction of sp³-hybridized carbons (Fsp3) is 0.357. The van der Waals surface area contributed by atoms with Crippen LogP contribution in [0, 0.1) is 0 Å². The fourth-order valence-electron chi connectivity index (χ4n) is 2.41. The lowest BCUT2D eigenvalue weighted by Crippen LogP contribution is -2.35. The fourth-order valence-corrected chi connectivity index (χ4v) is 2.41. The highest BCUT2D eigenvalue weighted by Gasteiger charge is 2.26. The van der Waals surface area contributed by atoms with Crippen LogP contribution in [0.25, 0.3) is 0 Å². The largest absolute Gasteiger partial charge is 0.466 e. The topological polar surface area (TPSA) is 95.2 Å². The number of methoxy groups -OCH3 is 1. The van der Waals surface area contributed by atoms with Gasteiger partial charge in [-0.05, 0) is 18.6 Å². The van der Waals surface area contributed by atoms with Gasteiger partial charge in [-0.2, -0.15) is 4.98 Å². The number of hydrogen-bond donors (Lipinski definition) is 3. The van der Waals surface area contributed by atoms with E-state index in [9.17, 15) is 4.79 Å². The molecule has 0 spiro atoms. The number of nitrogens with one attached hydrogen (secondary N) is 3. The number of carbonyl (C=O) groups is 1. The zero-order valence-electron chi connectivity index (χ0n) is 12.2. The van der Waals surface area contributed by atoms with E-state index in [1.54, 1.807) is 4.90 Å². The van der Waals surface area contributed by atoms with Gasteiger partial charge in [0.25, 0.3) is 0 Å². The van der Waals surface area contributed by atoms with Crippen LogP contribution in [-0.4, -0.2) is 52.4 Å². The van der Waals surface area contributed by atoms with Crippen LogP contribution in [0.4, 0.5) is 16.4 Å². The van der Waals surface area contributed by atoms with Crippen molar-refractivity contribution in [1.29, 1.82) is 0 Å². The van der Waals surface area contributed by atoms with Gasteiger partial charge in [-0.15, -0.1) is 5.10 Å². The second-order valence-corrected chi connectivity index (χ2v) is 5.04. The summed E-state index contributed by atoms with van der Waals surface area (Å²) in [7, 11) is 1.47. The van der Waals surface area contributed by atoms with Crippen LogP contribution in [0.2, 0.25) is 0 Å². The summed E-state index contributed by atoms with van der Waals surface area (Å²) >= 11 is 0. The Bertz CT molecular complexity index is 629. The number of likely N-dealkylation sites (tertiary alicyclic amines) is 1. The minimum atomic E-state index is -0.198. The summed E-state index contributed by atoms with van der Waals surface area (Å²) in [5, 5.41) is 12.5. The quantitative estimate of drug-likeness (QED) is 0.796. The summed E-state index contributed by atoms with van der Waals surface area (Å²) in [5.41, 5.74) is 1.06. The van der Waals surface area contributed by atoms with Gasteiger partial charge < -0.3 is 15.0 Å². The van der Waals surface area contributed by atoms with Crippen LogP contribution in [0.3, 0.4) is 0 Å². The number of carbonyl (C=O) groups excluding carboxylic acids is 1. The monoisotopic (exact) mass is 302 g/mol. The van der Waals surface area contributed by atoms with Crippen LogP contribution in [0.5, 0.6) is 6.01 Å². The smallest absolute Gasteiger partial charge is 0.336 e. The van der Waals surface area contributed by atoms with E-state index in [4.69, 9.17) is 4.74 Å². The Kier molecular flexibility index (Phi) is 4.08. The second-order valence-electron chi connectivity index (χ2n) is 5.04. The van der Waals surface area contributed by atoms with Gasteiger partial charge in [0.2, 0.25) is 5.95 Å². The first-order valence-corrected chi connectivity index (χ1v) is 7.08. The molecule has 0 saturated carbocycles. The summed E-state index contributed by atoms with van der Waals surface area (Å²) in [5.74, 6) is 0.279. The summed E-state index contributed by atoms with van der Waals surface area (Å²) in [4.78, 5) is 17.9. The number of H-pyrrole nitrogens is 1. The number of benzene rings is 1. The molecule has 1 fully saturated rings. The molecule has 3 N–H and O–H groups in total. The molecule has 2 amide bonds. The first kappa shape index (κ1) is 14.2. The van der Waals surface area contributed by atoms with Crippen LogP contribution >= 0.6 is 0 Å². The number of rotatable bonds is 4. The average Bonchev–Trinajstić information content (AvgIpc) is 3.17. The van der Waals surface area contributed by atoms with Crippen molar-refractivity contribution in [3.63, 3.8) is 0 Å². The van der Waals surface area contributed by atoms with Gasteiger partial charge in [0, 0.05) is 24.8 Å². The van der Waals surface area contributed by atoms with Crippen molar-refractivity contribution >= 4 is 17.7 Å². The standard InChI is InChI=1S/C14H18N6O2/c1-22-13-16-12(18-19-13)17-14(21)20-8-7-11(9-20)15-10-5-3-2-4-6-10/h2-6,11,15H,7-9H2,1H3,(H2,16,17,18,19,21)/t11-/m1/s1. The van der Waals surface area contributed by atoms with Crippen LogP contribution in [0.15, 0.2) is 30.3 Å². The summed E-state index contributed by atoms with van der Waals surface area (Å²) < 4.78 is 4.86. The molecule has 1 aliphatic rings. The Morgan fingerprint density at radius 1 is 1.41 bits per heavy atom. The molecule has 0 radical (unpaired) electrons. The highest BCUT2D eigenvalue weighted by Crippen LogP contribution is 2.16. The van der Waals surface area contributed by atoms with Crippen molar-refractivity contribution in [2.45, 2.75) is 12.5 Å². The number of nitrogens with zero attached hydrogens (tertiary/aromatic N) is 3. The van der Waals surface area contributed by atoms with E-state index in [2.05, 4.69) is 25.8 Å². The van der Waals surface area contributed by atoms with E-state index >= 15 is 0 Å². The Labute approximate surface area is 127 Å². The number of urea groups is 1. The van der Waals surface area contributed by atoms with Crippen LogP contribution < -0.4 is 15.4 Å². The number of para-hydroxylation sites is 1. The number of ether oxygens (including phenoxy) is 1. The van der Waals surface area contributed by atoms with Gasteiger partial charge in [0.15, 0.2) is 0 Å². The first-order valence-electron chi connectivity index (χ1n) is 7.08. The molecule has 8 heteroatoms. The third kappa shape index (κ3) is 3.27. The lowest BCUT2D eigenvalue weighted by Gasteiger charge is -2.17. The highest BCUT2D eigenvalue weighted by molar-refractivity contribution is 5.87. The molecule has 1 aromatic carbocycles. The van der Waals surface area contributed by atoms with Crippen LogP contribution in [0.1, 0.15) is 6.42 Å². The van der Waals surface area contributed by atoms with E-state index in [-0.39, 0.29) is 24.0 Å². The predicted molar refractivity (Wildman–Crippen MR) is 82.0 cm³/mol. The molecule has 1 saturated heterocycles. The van der Waals surface area contributed by atoms with Gasteiger partial charge in [0.05, 0.1) is 7.11 Å². The molecule has 0 aliphatic carbocycles. The van der Waals surface area contributed by atoms with Gasteiger partial charge in [-0.1, -0.05) is 18.2 Å². The molecule has 0 unspecified atom stereocenters. The Balaban J connectivity index is 1.52. The van der Waals surface area contributed by atoms with E-state index < -0.39 is 0 Å². The lowest BCUT2D eigenvalue weighted by atomic mass is 10.2. The van der Waals surface area contributed by atoms with E-state index in [0.717, 1.165) is 12.1 Å². The van der Waals surface area contributed by atoms with Gasteiger partial charge in [-0.25, -0.2) is 9.89 Å². The summed E-state index contributed by atoms with van der Waals surface area (Å²) in [6, 6.07) is 10.2. The minimum Gasteiger partial charge on any atom is -0.466 e. The van der Waals surface area contributed by atoms with Gasteiger partial charge >= 0.3 is 12.0 Å². The van der Waals surface area contributed by atoms with Crippen molar-refractivity contribution < 1.29 is 9.53 Å². The Morgan fingerprint density at radius 2 is 2.23 bits per heavy atom. The molecule has 1 aliphatic heterocycles. The number of anilines is 2. The number of hydrogen-bond acceptors (Lipinski definition) is 5. The Hall–Kier alpha value is -2.77. The average molecular weight is 302 g/mol. The molecule has 0 bridgehead atoms. The maximum Gasteiger partial charge on any atom is 0.336 e. The maximum absolute atomic E-state index is 12.2. The van der Waals surface area contributed by atoms with E-state index in [1.165, 1.54) is 7.11 Å². The number of aromatic nitrogens is 3. The maximum atomic E-state index is 12.2. The first-order chi connectivity index (χ1) is 10.7. The predicted octanol–water partition coefficient (Wildman–Crippen LogP) is 1.53. The van der Waals surface area contributed by atoms with Gasteiger partial charge in [-0.3, -0.25) is 5.32 Å². The zero-order chi connectivity index (χ0) is 15.4. The second kappa shape index (κ2) is 6.33. The molecule has 8 nitrogen and oxygen atoms in total. The van der Waals surface area contributed by atoms with Crippen molar-refractivity contribution in [3.8, 4) is 6.01 Å². The van der Waals surface area contributed by atoms with Crippen molar-refractivity contribution in [3.05, 3.63) is 30.3 Å². The highest BCUT2D eigenvalue weighted by atomic mass is 16.5. The molecule has 2 aromatic rings. The SMILES string of the molecule is COc1n[nH]c(NC(=O)N2CC[C@@H](Nc3ccccc3)C2)n1. The molecule has 116 valence electrons. The molecule has 1 atom stereocenters. The van der Waals surface area contributed by atoms with E-state index in [1.807, 2.05) is 30.3 Å². The van der Waals surface area contributed by atoms with E-state index in [0.29, 0.717) is 13.1 Å². The summed E-state index contributed by atoms with van der Waals surface area (Å²) in [6.45, 7) is 1.34. The molecule has 3 rings (SSSR count). The van der Waals surface area contributed by atoms with Crippen LogP contribution in [-0.2, 0) is 0 Å². The number of amides is 2. The van der Waals surface area contributed by atoms with Gasteiger partial charge in [0.1, 0.15) is 0 Å². The normalized spacial score (nSPS) is 17.3. The van der Waals surface area contributed by atoms with Crippen molar-refractivity contribution in [2.75, 3.05) is 30.8 Å². The molecule has 22 heavy (non-hydrogen) atoms.